The van der Waals surface area contributed by atoms with E-state index in [2.05, 4.69) is 5.32 Å². The van der Waals surface area contributed by atoms with Crippen molar-refractivity contribution in [1.82, 2.24) is 0 Å². The molecule has 1 aromatic carbocycles. The molecular weight excluding hydrogens is 414 g/mol. The van der Waals surface area contributed by atoms with E-state index in [-0.39, 0.29) is 5.91 Å². The fourth-order valence-corrected chi connectivity index (χ4v) is 3.26. The van der Waals surface area contributed by atoms with Crippen molar-refractivity contribution < 1.29 is 49.3 Å². The van der Waals surface area contributed by atoms with Gasteiger partial charge in [-0.2, -0.15) is 0 Å². The maximum Gasteiger partial charge on any atom is 0.221 e. The number of carbonyl (C=O) groups is 1. The van der Waals surface area contributed by atoms with E-state index in [1.54, 1.807) is 36.4 Å². The van der Waals surface area contributed by atoms with Crippen molar-refractivity contribution in [3.8, 4) is 5.75 Å². The van der Waals surface area contributed by atoms with Crippen molar-refractivity contribution in [2.24, 2.45) is 0 Å². The average molecular weight is 441 g/mol. The minimum Gasteiger partial charge on any atom is -0.461 e. The molecule has 0 spiro atoms. The molecule has 1 fully saturated rings. The van der Waals surface area contributed by atoms with Crippen LogP contribution in [0, 0.1) is 0 Å². The summed E-state index contributed by atoms with van der Waals surface area (Å²) in [5, 5.41) is 51.4. The van der Waals surface area contributed by atoms with Gasteiger partial charge in [-0.05, 0) is 30.3 Å². The number of rotatable bonds is 7. The van der Waals surface area contributed by atoms with Gasteiger partial charge in [-0.25, -0.2) is 0 Å². The molecule has 31 heavy (non-hydrogen) atoms. The molecule has 11 heteroatoms. The van der Waals surface area contributed by atoms with E-state index in [4.69, 9.17) is 18.9 Å². The van der Waals surface area contributed by atoms with E-state index in [9.17, 15) is 30.3 Å². The number of nitrogens with one attached hydrogen (secondary N) is 1. The van der Waals surface area contributed by atoms with E-state index >= 15 is 0 Å². The van der Waals surface area contributed by atoms with Crippen LogP contribution in [-0.2, 0) is 19.0 Å². The lowest BCUT2D eigenvalue weighted by atomic mass is 9.99. The van der Waals surface area contributed by atoms with Gasteiger partial charge in [0.2, 0.25) is 12.2 Å². The third-order valence-corrected chi connectivity index (χ3v) is 4.88. The van der Waals surface area contributed by atoms with Crippen LogP contribution >= 0.6 is 0 Å². The standard InChI is InChI=1S/C20H27NO10/c1-10(24)21-11-2-4-12(5-3-11)28-16-7-6-13(14(8-22)29-16)30-20-19(27)18(26)17(25)15(9-23)31-20/h2-7,13-20,22-23,25-27H,8-9H2,1H3,(H,21,24)/t13-,14+,15+,16-,17+,18+,19-,20-/m0/s1. The number of hydrogen-bond donors (Lipinski definition) is 6. The minimum atomic E-state index is -1.58. The Morgan fingerprint density at radius 1 is 0.968 bits per heavy atom. The quantitative estimate of drug-likeness (QED) is 0.274. The lowest BCUT2D eigenvalue weighted by molar-refractivity contribution is -0.317. The fraction of sp³-hybridized carbons (Fsp3) is 0.550. The number of carbonyl (C=O) groups excluding carboxylic acids is 1. The van der Waals surface area contributed by atoms with E-state index < -0.39 is 62.4 Å². The Balaban J connectivity index is 1.62. The molecule has 1 aromatic rings. The van der Waals surface area contributed by atoms with E-state index in [0.717, 1.165) is 0 Å². The van der Waals surface area contributed by atoms with Gasteiger partial charge in [-0.15, -0.1) is 0 Å². The topological polar surface area (TPSA) is 167 Å². The zero-order chi connectivity index (χ0) is 22.5. The Morgan fingerprint density at radius 3 is 2.26 bits per heavy atom. The Morgan fingerprint density at radius 2 is 1.65 bits per heavy atom. The highest BCUT2D eigenvalue weighted by Crippen LogP contribution is 2.27. The molecule has 0 saturated carbocycles. The summed E-state index contributed by atoms with van der Waals surface area (Å²) >= 11 is 0. The van der Waals surface area contributed by atoms with E-state index in [0.29, 0.717) is 11.4 Å². The Hall–Kier alpha value is -2.09. The zero-order valence-corrected chi connectivity index (χ0v) is 16.8. The van der Waals surface area contributed by atoms with E-state index in [1.165, 1.54) is 6.92 Å². The second-order valence-electron chi connectivity index (χ2n) is 7.23. The summed E-state index contributed by atoms with van der Waals surface area (Å²) in [6.45, 7) is 0.387. The van der Waals surface area contributed by atoms with Crippen LogP contribution in [-0.4, -0.2) is 93.9 Å². The molecule has 2 aliphatic heterocycles. The van der Waals surface area contributed by atoms with Gasteiger partial charge in [0.1, 0.15) is 42.4 Å². The predicted molar refractivity (Wildman–Crippen MR) is 105 cm³/mol. The van der Waals surface area contributed by atoms with Crippen molar-refractivity contribution >= 4 is 11.6 Å². The summed E-state index contributed by atoms with van der Waals surface area (Å²) in [5.41, 5.74) is 0.612. The van der Waals surface area contributed by atoms with Crippen molar-refractivity contribution in [3.05, 3.63) is 36.4 Å². The minimum absolute atomic E-state index is 0.191. The predicted octanol–water partition coefficient (Wildman–Crippen LogP) is -1.52. The summed E-state index contributed by atoms with van der Waals surface area (Å²) in [6, 6.07) is 6.62. The first kappa shape index (κ1) is 23.6. The van der Waals surface area contributed by atoms with E-state index in [1.807, 2.05) is 0 Å². The van der Waals surface area contributed by atoms with Crippen molar-refractivity contribution in [2.75, 3.05) is 18.5 Å². The van der Waals surface area contributed by atoms with Crippen molar-refractivity contribution in [1.29, 1.82) is 0 Å². The molecule has 2 heterocycles. The molecule has 3 rings (SSSR count). The highest BCUT2D eigenvalue weighted by molar-refractivity contribution is 5.88. The smallest absolute Gasteiger partial charge is 0.221 e. The summed E-state index contributed by atoms with van der Waals surface area (Å²) < 4.78 is 22.3. The largest absolute Gasteiger partial charge is 0.461 e. The first-order chi connectivity index (χ1) is 14.8. The summed E-state index contributed by atoms with van der Waals surface area (Å²) in [5.74, 6) is 0.275. The van der Waals surface area contributed by atoms with Gasteiger partial charge in [0.25, 0.3) is 0 Å². The summed E-state index contributed by atoms with van der Waals surface area (Å²) in [6.07, 6.45) is -6.57. The Kier molecular flexibility index (Phi) is 7.97. The summed E-state index contributed by atoms with van der Waals surface area (Å²) in [7, 11) is 0. The van der Waals surface area contributed by atoms with Gasteiger partial charge in [-0.1, -0.05) is 6.08 Å². The molecule has 0 aromatic heterocycles. The zero-order valence-electron chi connectivity index (χ0n) is 16.8. The molecule has 0 radical (unpaired) electrons. The SMILES string of the molecule is CC(=O)Nc1ccc(O[C@@H]2C=C[C@H](O[C@H]3O[C@H](CO)[C@@H](O)[C@@H](O)[C@@H]3O)[C@@H](CO)O2)cc1. The molecule has 8 atom stereocenters. The van der Waals surface area contributed by atoms with Gasteiger partial charge in [-0.3, -0.25) is 4.79 Å². The fourth-order valence-electron chi connectivity index (χ4n) is 3.26. The van der Waals surface area contributed by atoms with Gasteiger partial charge in [0, 0.05) is 12.6 Å². The van der Waals surface area contributed by atoms with Gasteiger partial charge >= 0.3 is 0 Å². The van der Waals surface area contributed by atoms with Gasteiger partial charge in [0.05, 0.1) is 13.2 Å². The molecule has 0 aliphatic carbocycles. The molecule has 0 bridgehead atoms. The first-order valence-electron chi connectivity index (χ1n) is 9.77. The normalized spacial score (nSPS) is 35.5. The Bertz CT molecular complexity index is 755. The summed E-state index contributed by atoms with van der Waals surface area (Å²) in [4.78, 5) is 11.1. The Labute approximate surface area is 178 Å². The molecule has 2 aliphatic rings. The second-order valence-corrected chi connectivity index (χ2v) is 7.23. The maximum atomic E-state index is 11.1. The maximum absolute atomic E-state index is 11.1. The third-order valence-electron chi connectivity index (χ3n) is 4.88. The molecule has 0 unspecified atom stereocenters. The molecular formula is C20H27NO10. The second kappa shape index (κ2) is 10.5. The highest BCUT2D eigenvalue weighted by atomic mass is 16.7. The molecule has 172 valence electrons. The molecule has 6 N–H and O–H groups in total. The lowest BCUT2D eigenvalue weighted by Crippen LogP contribution is -2.60. The monoisotopic (exact) mass is 441 g/mol. The van der Waals surface area contributed by atoms with Crippen LogP contribution < -0.4 is 10.1 Å². The van der Waals surface area contributed by atoms with Crippen molar-refractivity contribution in [2.45, 2.75) is 56.1 Å². The van der Waals surface area contributed by atoms with Crippen LogP contribution in [0.15, 0.2) is 36.4 Å². The molecule has 1 saturated heterocycles. The number of amides is 1. The van der Waals surface area contributed by atoms with Gasteiger partial charge < -0.3 is 49.8 Å². The third kappa shape index (κ3) is 5.79. The molecule has 1 amide bonds. The lowest BCUT2D eigenvalue weighted by Gasteiger charge is -2.42. The number of ether oxygens (including phenoxy) is 4. The number of anilines is 1. The van der Waals surface area contributed by atoms with Gasteiger partial charge in [0.15, 0.2) is 6.29 Å². The number of aliphatic hydroxyl groups excluding tert-OH is 5. The number of benzene rings is 1. The highest BCUT2D eigenvalue weighted by Gasteiger charge is 2.45. The van der Waals surface area contributed by atoms with Crippen LogP contribution in [0.2, 0.25) is 0 Å². The van der Waals surface area contributed by atoms with Crippen LogP contribution in [0.25, 0.3) is 0 Å². The average Bonchev–Trinajstić information content (AvgIpc) is 2.76. The van der Waals surface area contributed by atoms with Crippen LogP contribution in [0.1, 0.15) is 6.92 Å². The first-order valence-corrected chi connectivity index (χ1v) is 9.77. The van der Waals surface area contributed by atoms with Crippen LogP contribution in [0.4, 0.5) is 5.69 Å². The molecule has 11 nitrogen and oxygen atoms in total. The van der Waals surface area contributed by atoms with Crippen molar-refractivity contribution in [3.63, 3.8) is 0 Å². The van der Waals surface area contributed by atoms with Crippen LogP contribution in [0.5, 0.6) is 5.75 Å². The number of aliphatic hydroxyl groups is 5. The number of hydrogen-bond acceptors (Lipinski definition) is 10. The van der Waals surface area contributed by atoms with Crippen LogP contribution in [0.3, 0.4) is 0 Å².